The van der Waals surface area contributed by atoms with Crippen LogP contribution in [-0.4, -0.2) is 36.1 Å². The highest BCUT2D eigenvalue weighted by atomic mass is 35.5. The minimum Gasteiger partial charge on any atom is -0.354 e. The van der Waals surface area contributed by atoms with Gasteiger partial charge in [0.15, 0.2) is 0 Å². The van der Waals surface area contributed by atoms with E-state index in [0.29, 0.717) is 0 Å². The molecule has 0 spiro atoms. The Bertz CT molecular complexity index is 575. The fraction of sp³-hybridized carbons (Fsp3) is 0.312. The van der Waals surface area contributed by atoms with E-state index >= 15 is 0 Å². The minimum atomic E-state index is 0.745. The van der Waals surface area contributed by atoms with Crippen LogP contribution in [0, 0.1) is 0 Å². The monoisotopic (exact) mass is 321 g/mol. The summed E-state index contributed by atoms with van der Waals surface area (Å²) in [5.41, 5.74) is 1.02. The van der Waals surface area contributed by atoms with Crippen molar-refractivity contribution < 1.29 is 0 Å². The van der Waals surface area contributed by atoms with Gasteiger partial charge in [-0.05, 0) is 24.3 Å². The van der Waals surface area contributed by atoms with Crippen molar-refractivity contribution in [1.29, 1.82) is 0 Å². The summed E-state index contributed by atoms with van der Waals surface area (Å²) >= 11 is 12.5. The minimum absolute atomic E-state index is 0.745. The average Bonchev–Trinajstić information content (AvgIpc) is 2.53. The summed E-state index contributed by atoms with van der Waals surface area (Å²) in [6, 6.07) is 11.7. The van der Waals surface area contributed by atoms with Crippen LogP contribution < -0.4 is 4.90 Å². The molecule has 1 aromatic carbocycles. The molecule has 3 rings (SSSR count). The van der Waals surface area contributed by atoms with Crippen molar-refractivity contribution in [1.82, 2.24) is 9.88 Å². The second-order valence-electron chi connectivity index (χ2n) is 5.15. The molecular weight excluding hydrogens is 305 g/mol. The normalized spacial score (nSPS) is 16.2. The third-order valence-corrected chi connectivity index (χ3v) is 4.50. The molecule has 0 atom stereocenters. The first-order chi connectivity index (χ1) is 10.2. The molecule has 0 saturated carbocycles. The maximum atomic E-state index is 6.24. The quantitative estimate of drug-likeness (QED) is 0.859. The molecule has 110 valence electrons. The Kier molecular flexibility index (Phi) is 4.63. The lowest BCUT2D eigenvalue weighted by molar-refractivity contribution is 0.249. The molecule has 3 nitrogen and oxygen atoms in total. The van der Waals surface area contributed by atoms with Gasteiger partial charge in [-0.3, -0.25) is 4.90 Å². The van der Waals surface area contributed by atoms with Crippen LogP contribution in [0.3, 0.4) is 0 Å². The SMILES string of the molecule is Clc1cccc(Cl)c1CN1CCN(c2ccccn2)CC1. The first kappa shape index (κ1) is 14.6. The van der Waals surface area contributed by atoms with Crippen molar-refractivity contribution in [2.45, 2.75) is 6.54 Å². The maximum absolute atomic E-state index is 6.24. The van der Waals surface area contributed by atoms with Crippen LogP contribution in [0.1, 0.15) is 5.56 Å². The van der Waals surface area contributed by atoms with Crippen molar-refractivity contribution in [3.63, 3.8) is 0 Å². The van der Waals surface area contributed by atoms with E-state index in [0.717, 1.165) is 54.2 Å². The Morgan fingerprint density at radius 2 is 1.62 bits per heavy atom. The van der Waals surface area contributed by atoms with Crippen molar-refractivity contribution in [2.24, 2.45) is 0 Å². The molecule has 2 aromatic rings. The third kappa shape index (κ3) is 3.49. The molecule has 0 bridgehead atoms. The number of anilines is 1. The van der Waals surface area contributed by atoms with E-state index in [4.69, 9.17) is 23.2 Å². The number of benzene rings is 1. The van der Waals surface area contributed by atoms with Gasteiger partial charge < -0.3 is 4.90 Å². The summed E-state index contributed by atoms with van der Waals surface area (Å²) in [6.07, 6.45) is 1.84. The van der Waals surface area contributed by atoms with E-state index in [1.165, 1.54) is 0 Å². The van der Waals surface area contributed by atoms with E-state index < -0.39 is 0 Å². The third-order valence-electron chi connectivity index (χ3n) is 3.79. The number of rotatable bonds is 3. The molecule has 1 aliphatic rings. The molecule has 1 aromatic heterocycles. The summed E-state index contributed by atoms with van der Waals surface area (Å²) < 4.78 is 0. The fourth-order valence-electron chi connectivity index (χ4n) is 2.58. The molecule has 1 saturated heterocycles. The van der Waals surface area contributed by atoms with E-state index in [1.54, 1.807) is 0 Å². The topological polar surface area (TPSA) is 19.4 Å². The summed E-state index contributed by atoms with van der Waals surface area (Å²) in [4.78, 5) is 9.10. The van der Waals surface area contributed by atoms with Gasteiger partial charge in [-0.2, -0.15) is 0 Å². The molecular formula is C16H17Cl2N3. The molecule has 0 unspecified atom stereocenters. The number of pyridine rings is 1. The molecule has 0 amide bonds. The zero-order valence-corrected chi connectivity index (χ0v) is 13.2. The van der Waals surface area contributed by atoms with E-state index in [1.807, 2.05) is 36.5 Å². The largest absolute Gasteiger partial charge is 0.354 e. The van der Waals surface area contributed by atoms with E-state index in [-0.39, 0.29) is 0 Å². The average molecular weight is 322 g/mol. The Balaban J connectivity index is 1.62. The number of nitrogens with zero attached hydrogens (tertiary/aromatic N) is 3. The smallest absolute Gasteiger partial charge is 0.128 e. The van der Waals surface area contributed by atoms with Gasteiger partial charge in [0, 0.05) is 54.5 Å². The van der Waals surface area contributed by atoms with Gasteiger partial charge in [-0.1, -0.05) is 35.3 Å². The second kappa shape index (κ2) is 6.65. The Hall–Kier alpha value is -1.29. The molecule has 0 radical (unpaired) electrons. The van der Waals surface area contributed by atoms with Gasteiger partial charge in [0.05, 0.1) is 0 Å². The van der Waals surface area contributed by atoms with Crippen LogP contribution in [0.2, 0.25) is 10.0 Å². The Labute approximate surface area is 135 Å². The molecule has 1 aliphatic heterocycles. The molecule has 0 aliphatic carbocycles. The Morgan fingerprint density at radius 3 is 2.24 bits per heavy atom. The van der Waals surface area contributed by atoms with Gasteiger partial charge >= 0.3 is 0 Å². The molecule has 21 heavy (non-hydrogen) atoms. The first-order valence-electron chi connectivity index (χ1n) is 7.05. The summed E-state index contributed by atoms with van der Waals surface area (Å²) in [5.74, 6) is 1.05. The van der Waals surface area contributed by atoms with Crippen LogP contribution in [0.15, 0.2) is 42.6 Å². The van der Waals surface area contributed by atoms with Gasteiger partial charge in [-0.25, -0.2) is 4.98 Å². The summed E-state index contributed by atoms with van der Waals surface area (Å²) in [5, 5.41) is 1.49. The number of aromatic nitrogens is 1. The van der Waals surface area contributed by atoms with Crippen molar-refractivity contribution >= 4 is 29.0 Å². The van der Waals surface area contributed by atoms with Crippen LogP contribution in [0.5, 0.6) is 0 Å². The lowest BCUT2D eigenvalue weighted by atomic mass is 10.2. The number of piperazine rings is 1. The maximum Gasteiger partial charge on any atom is 0.128 e. The second-order valence-corrected chi connectivity index (χ2v) is 5.97. The molecule has 2 heterocycles. The highest BCUT2D eigenvalue weighted by molar-refractivity contribution is 6.35. The Morgan fingerprint density at radius 1 is 0.905 bits per heavy atom. The van der Waals surface area contributed by atoms with Crippen LogP contribution in [0.25, 0.3) is 0 Å². The van der Waals surface area contributed by atoms with Gasteiger partial charge in [0.1, 0.15) is 5.82 Å². The number of hydrogen-bond donors (Lipinski definition) is 0. The lowest BCUT2D eigenvalue weighted by Crippen LogP contribution is -2.46. The number of hydrogen-bond acceptors (Lipinski definition) is 3. The van der Waals surface area contributed by atoms with Gasteiger partial charge in [0.2, 0.25) is 0 Å². The molecule has 1 fully saturated rings. The first-order valence-corrected chi connectivity index (χ1v) is 7.81. The van der Waals surface area contributed by atoms with Crippen LogP contribution >= 0.6 is 23.2 Å². The van der Waals surface area contributed by atoms with Crippen LogP contribution in [-0.2, 0) is 6.54 Å². The van der Waals surface area contributed by atoms with Gasteiger partial charge in [-0.15, -0.1) is 0 Å². The van der Waals surface area contributed by atoms with Gasteiger partial charge in [0.25, 0.3) is 0 Å². The van der Waals surface area contributed by atoms with Crippen molar-refractivity contribution in [3.8, 4) is 0 Å². The fourth-order valence-corrected chi connectivity index (χ4v) is 3.10. The highest BCUT2D eigenvalue weighted by Gasteiger charge is 2.19. The van der Waals surface area contributed by atoms with Crippen molar-refractivity contribution in [2.75, 3.05) is 31.1 Å². The zero-order chi connectivity index (χ0) is 14.7. The number of halogens is 2. The molecule has 0 N–H and O–H groups in total. The van der Waals surface area contributed by atoms with Crippen LogP contribution in [0.4, 0.5) is 5.82 Å². The molecule has 5 heteroatoms. The predicted octanol–water partition coefficient (Wildman–Crippen LogP) is 3.71. The standard InChI is InChI=1S/C16H17Cl2N3/c17-14-4-3-5-15(18)13(14)12-20-8-10-21(11-9-20)16-6-1-2-7-19-16/h1-7H,8-12H2. The zero-order valence-electron chi connectivity index (χ0n) is 11.7. The van der Waals surface area contributed by atoms with Crippen molar-refractivity contribution in [3.05, 3.63) is 58.2 Å². The summed E-state index contributed by atoms with van der Waals surface area (Å²) in [7, 11) is 0. The highest BCUT2D eigenvalue weighted by Crippen LogP contribution is 2.26. The lowest BCUT2D eigenvalue weighted by Gasteiger charge is -2.35. The predicted molar refractivity (Wildman–Crippen MR) is 88.2 cm³/mol. The summed E-state index contributed by atoms with van der Waals surface area (Å²) in [6.45, 7) is 4.71. The van der Waals surface area contributed by atoms with E-state index in [2.05, 4.69) is 20.9 Å². The van der Waals surface area contributed by atoms with E-state index in [9.17, 15) is 0 Å².